The lowest BCUT2D eigenvalue weighted by Gasteiger charge is -2.27. The third kappa shape index (κ3) is 4.67. The number of rotatable bonds is 6. The average Bonchev–Trinajstić information content (AvgIpc) is 2.73. The van der Waals surface area contributed by atoms with E-state index in [1.807, 2.05) is 42.5 Å². The minimum Gasteiger partial charge on any atom is -0.366 e. The Morgan fingerprint density at radius 2 is 1.70 bits per heavy atom. The number of hydrogen-bond donors (Lipinski definition) is 0. The van der Waals surface area contributed by atoms with Gasteiger partial charge >= 0.3 is 0 Å². The molecule has 3 aromatic rings. The maximum absolute atomic E-state index is 6.36. The number of likely N-dealkylation sites (tertiary alicyclic amines) is 1. The Morgan fingerprint density at radius 3 is 2.52 bits per heavy atom. The summed E-state index contributed by atoms with van der Waals surface area (Å²) in [5.74, 6) is 0. The van der Waals surface area contributed by atoms with Crippen molar-refractivity contribution in [3.63, 3.8) is 0 Å². The van der Waals surface area contributed by atoms with E-state index in [0.29, 0.717) is 6.61 Å². The number of pyridine rings is 1. The molecule has 0 spiro atoms. The predicted molar refractivity (Wildman–Crippen MR) is 111 cm³/mol. The molecule has 4 rings (SSSR count). The molecule has 4 heteroatoms. The van der Waals surface area contributed by atoms with Gasteiger partial charge in [0.15, 0.2) is 0 Å². The van der Waals surface area contributed by atoms with E-state index in [9.17, 15) is 0 Å². The van der Waals surface area contributed by atoms with Crippen LogP contribution in [0.1, 0.15) is 36.6 Å². The van der Waals surface area contributed by atoms with E-state index >= 15 is 0 Å². The fourth-order valence-corrected chi connectivity index (χ4v) is 3.83. The highest BCUT2D eigenvalue weighted by Crippen LogP contribution is 2.27. The quantitative estimate of drug-likeness (QED) is 0.566. The minimum atomic E-state index is -0.184. The number of nitrogens with zero attached hydrogens (tertiary/aromatic N) is 2. The van der Waals surface area contributed by atoms with Crippen molar-refractivity contribution in [3.8, 4) is 0 Å². The van der Waals surface area contributed by atoms with Gasteiger partial charge in [0.1, 0.15) is 6.10 Å². The molecule has 3 nitrogen and oxygen atoms in total. The molecule has 1 aromatic heterocycles. The lowest BCUT2D eigenvalue weighted by atomic mass is 10.0. The first-order chi connectivity index (χ1) is 13.3. The van der Waals surface area contributed by atoms with Crippen LogP contribution in [0.2, 0.25) is 5.02 Å². The van der Waals surface area contributed by atoms with Gasteiger partial charge in [-0.3, -0.25) is 0 Å². The summed E-state index contributed by atoms with van der Waals surface area (Å²) in [4.78, 5) is 7.36. The highest BCUT2D eigenvalue weighted by molar-refractivity contribution is 6.30. The first-order valence-electron chi connectivity index (χ1n) is 9.75. The van der Waals surface area contributed by atoms with Crippen molar-refractivity contribution >= 4 is 22.5 Å². The Labute approximate surface area is 165 Å². The molecule has 0 radical (unpaired) electrons. The van der Waals surface area contributed by atoms with Crippen molar-refractivity contribution in [2.45, 2.75) is 25.4 Å². The first kappa shape index (κ1) is 18.4. The molecule has 27 heavy (non-hydrogen) atoms. The van der Waals surface area contributed by atoms with Crippen molar-refractivity contribution in [1.82, 2.24) is 9.88 Å². The molecule has 1 atom stereocenters. The van der Waals surface area contributed by atoms with Crippen LogP contribution >= 0.6 is 11.6 Å². The van der Waals surface area contributed by atoms with Crippen LogP contribution in [-0.4, -0.2) is 36.1 Å². The largest absolute Gasteiger partial charge is 0.366 e. The van der Waals surface area contributed by atoms with Gasteiger partial charge in [-0.1, -0.05) is 54.4 Å². The van der Waals surface area contributed by atoms with Crippen LogP contribution in [0.4, 0.5) is 0 Å². The van der Waals surface area contributed by atoms with Gasteiger partial charge in [-0.2, -0.15) is 0 Å². The molecule has 1 aliphatic rings. The number of piperidine rings is 1. The van der Waals surface area contributed by atoms with Gasteiger partial charge in [0.2, 0.25) is 0 Å². The summed E-state index contributed by atoms with van der Waals surface area (Å²) in [6, 6.07) is 20.3. The molecule has 0 bridgehead atoms. The van der Waals surface area contributed by atoms with Gasteiger partial charge in [-0.15, -0.1) is 0 Å². The molecule has 140 valence electrons. The molecular formula is C23H25ClN2O. The Morgan fingerprint density at radius 1 is 0.926 bits per heavy atom. The maximum Gasteiger partial charge on any atom is 0.125 e. The highest BCUT2D eigenvalue weighted by Gasteiger charge is 2.18. The van der Waals surface area contributed by atoms with Crippen LogP contribution in [0.5, 0.6) is 0 Å². The van der Waals surface area contributed by atoms with Crippen molar-refractivity contribution in [3.05, 3.63) is 76.9 Å². The fraction of sp³-hybridized carbons (Fsp3) is 0.348. The van der Waals surface area contributed by atoms with Gasteiger partial charge in [0.25, 0.3) is 0 Å². The third-order valence-electron chi connectivity index (χ3n) is 5.20. The van der Waals surface area contributed by atoms with Crippen molar-refractivity contribution < 1.29 is 4.74 Å². The lowest BCUT2D eigenvalue weighted by Crippen LogP contribution is -2.33. The van der Waals surface area contributed by atoms with E-state index in [2.05, 4.69) is 23.1 Å². The Hall–Kier alpha value is -1.94. The molecule has 0 aliphatic carbocycles. The standard InChI is InChI=1S/C23H25ClN2O/c24-20-11-8-19(9-12-20)23(27-17-16-26-14-4-1-5-15-26)22-13-10-18-6-2-3-7-21(18)25-22/h2-3,6-13,23H,1,4-5,14-17H2. The van der Waals surface area contributed by atoms with E-state index in [0.717, 1.165) is 33.7 Å². The van der Waals surface area contributed by atoms with Crippen LogP contribution in [0.3, 0.4) is 0 Å². The SMILES string of the molecule is Clc1ccc(C(OCCN2CCCCC2)c2ccc3ccccc3n2)cc1. The minimum absolute atomic E-state index is 0.184. The molecule has 1 aliphatic heterocycles. The number of para-hydroxylation sites is 1. The van der Waals surface area contributed by atoms with Crippen molar-refractivity contribution in [2.75, 3.05) is 26.2 Å². The highest BCUT2D eigenvalue weighted by atomic mass is 35.5. The molecule has 1 fully saturated rings. The smallest absolute Gasteiger partial charge is 0.125 e. The summed E-state index contributed by atoms with van der Waals surface area (Å²) < 4.78 is 6.36. The number of hydrogen-bond acceptors (Lipinski definition) is 3. The third-order valence-corrected chi connectivity index (χ3v) is 5.45. The molecule has 0 amide bonds. The summed E-state index contributed by atoms with van der Waals surface area (Å²) in [6.45, 7) is 4.03. The number of fused-ring (bicyclic) bond motifs is 1. The predicted octanol–water partition coefficient (Wildman–Crippen LogP) is 5.48. The first-order valence-corrected chi connectivity index (χ1v) is 10.1. The number of benzene rings is 2. The second kappa shape index (κ2) is 8.83. The van der Waals surface area contributed by atoms with E-state index in [1.54, 1.807) is 0 Å². The topological polar surface area (TPSA) is 25.4 Å². The number of ether oxygens (including phenoxy) is 1. The van der Waals surface area contributed by atoms with Crippen molar-refractivity contribution in [1.29, 1.82) is 0 Å². The normalized spacial score (nSPS) is 16.5. The zero-order chi connectivity index (χ0) is 18.5. The van der Waals surface area contributed by atoms with Gasteiger partial charge in [-0.25, -0.2) is 4.98 Å². The Kier molecular flexibility index (Phi) is 6.03. The van der Waals surface area contributed by atoms with Crippen LogP contribution in [-0.2, 0) is 4.74 Å². The molecule has 1 saturated heterocycles. The zero-order valence-corrected chi connectivity index (χ0v) is 16.2. The van der Waals surface area contributed by atoms with E-state index in [1.165, 1.54) is 32.4 Å². The van der Waals surface area contributed by atoms with Crippen LogP contribution in [0.15, 0.2) is 60.7 Å². The second-order valence-corrected chi connectivity index (χ2v) is 7.57. The lowest BCUT2D eigenvalue weighted by molar-refractivity contribution is 0.0537. The number of aromatic nitrogens is 1. The van der Waals surface area contributed by atoms with Crippen LogP contribution in [0, 0.1) is 0 Å². The van der Waals surface area contributed by atoms with Crippen LogP contribution in [0.25, 0.3) is 10.9 Å². The van der Waals surface area contributed by atoms with E-state index in [4.69, 9.17) is 21.3 Å². The Balaban J connectivity index is 1.55. The number of halogens is 1. The van der Waals surface area contributed by atoms with Gasteiger partial charge in [-0.05, 0) is 55.8 Å². The van der Waals surface area contributed by atoms with Crippen LogP contribution < -0.4 is 0 Å². The Bertz CT molecular complexity index is 875. The molecule has 1 unspecified atom stereocenters. The summed E-state index contributed by atoms with van der Waals surface area (Å²) in [6.07, 6.45) is 3.77. The maximum atomic E-state index is 6.36. The molecular weight excluding hydrogens is 356 g/mol. The van der Waals surface area contributed by atoms with Gasteiger partial charge in [0, 0.05) is 17.0 Å². The summed E-state index contributed by atoms with van der Waals surface area (Å²) in [5.41, 5.74) is 3.02. The molecule has 0 saturated carbocycles. The van der Waals surface area contributed by atoms with E-state index < -0.39 is 0 Å². The molecule has 2 aromatic carbocycles. The average molecular weight is 381 g/mol. The summed E-state index contributed by atoms with van der Waals surface area (Å²) in [5, 5.41) is 1.88. The fourth-order valence-electron chi connectivity index (χ4n) is 3.70. The molecule has 2 heterocycles. The summed E-state index contributed by atoms with van der Waals surface area (Å²) >= 11 is 6.08. The summed E-state index contributed by atoms with van der Waals surface area (Å²) in [7, 11) is 0. The zero-order valence-electron chi connectivity index (χ0n) is 15.5. The van der Waals surface area contributed by atoms with Gasteiger partial charge in [0.05, 0.1) is 17.8 Å². The van der Waals surface area contributed by atoms with Crippen molar-refractivity contribution in [2.24, 2.45) is 0 Å². The monoisotopic (exact) mass is 380 g/mol. The van der Waals surface area contributed by atoms with E-state index in [-0.39, 0.29) is 6.10 Å². The van der Waals surface area contributed by atoms with Gasteiger partial charge < -0.3 is 9.64 Å². The second-order valence-electron chi connectivity index (χ2n) is 7.13. The molecule has 0 N–H and O–H groups in total.